The third kappa shape index (κ3) is 7.48. The van der Waals surface area contributed by atoms with E-state index in [2.05, 4.69) is 115 Å². The van der Waals surface area contributed by atoms with Crippen molar-refractivity contribution in [3.8, 4) is 0 Å². The first kappa shape index (κ1) is 37.7. The van der Waals surface area contributed by atoms with Crippen LogP contribution in [-0.4, -0.2) is 9.97 Å². The van der Waals surface area contributed by atoms with Crippen molar-refractivity contribution < 1.29 is 18.9 Å². The van der Waals surface area contributed by atoms with Crippen LogP contribution >= 0.6 is 22.6 Å². The number of hydrogen-bond donors (Lipinski definition) is 0. The van der Waals surface area contributed by atoms with E-state index in [4.69, 9.17) is 28.9 Å². The third-order valence-electron chi connectivity index (χ3n) is 12.6. The maximum atomic E-state index is 6.33. The molecule has 0 spiro atoms. The summed E-state index contributed by atoms with van der Waals surface area (Å²) in [6, 6.07) is 44.0. The first-order valence-corrected chi connectivity index (χ1v) is 21.7. The molecule has 58 heavy (non-hydrogen) atoms. The van der Waals surface area contributed by atoms with E-state index >= 15 is 0 Å². The van der Waals surface area contributed by atoms with Crippen molar-refractivity contribution in [1.82, 2.24) is 9.97 Å². The first-order chi connectivity index (χ1) is 28.4. The zero-order chi connectivity index (χ0) is 39.2. The summed E-state index contributed by atoms with van der Waals surface area (Å²) in [5, 5.41) is 2.31. The predicted octanol–water partition coefficient (Wildman–Crippen LogP) is 12.5. The molecule has 0 saturated heterocycles. The molecule has 5 aliphatic rings. The van der Waals surface area contributed by atoms with Crippen molar-refractivity contribution in [3.63, 3.8) is 0 Å². The lowest BCUT2D eigenvalue weighted by Crippen LogP contribution is -2.31. The number of fused-ring (bicyclic) bond motifs is 12. The average Bonchev–Trinajstić information content (AvgIpc) is 4.03. The van der Waals surface area contributed by atoms with E-state index in [1.54, 1.807) is 11.1 Å². The summed E-state index contributed by atoms with van der Waals surface area (Å²) < 4.78 is 25.3. The van der Waals surface area contributed by atoms with Crippen molar-refractivity contribution >= 4 is 44.4 Å². The zero-order valence-electron chi connectivity index (χ0n) is 32.9. The standard InChI is InChI=1S/C26H25NO2.C19H17NO2.C6H5I/c1-14-8-18(23-20(9-14)22-16-6-7-17(11-16)24(22)23)12-28-26-25-19(13-29-26)10-15-4-2-3-5-21(15)27-25;1-13-5-4-6-14(9-13)11-21-19-18-16(12-22-19)10-15-7-2-3-8-17(15)20-18;7-6-4-2-1-3-5-6/h2-5,8-10,16-17,22,24,26H,6-7,11-13H2,1H3;2-10,19H,11-12H2,1H3;1-5H. The second-order valence-electron chi connectivity index (χ2n) is 16.5. The summed E-state index contributed by atoms with van der Waals surface area (Å²) in [6.45, 7) is 6.59. The Labute approximate surface area is 354 Å². The molecule has 2 aromatic heterocycles. The lowest BCUT2D eigenvalue weighted by Gasteiger charge is -2.44. The van der Waals surface area contributed by atoms with E-state index in [1.807, 2.05) is 48.5 Å². The molecular formula is C51H47IN2O4. The fraction of sp³-hybridized carbons (Fsp3) is 0.294. The number of hydrogen-bond acceptors (Lipinski definition) is 6. The van der Waals surface area contributed by atoms with Crippen LogP contribution in [0.1, 0.15) is 99.6 Å². The third-order valence-corrected chi connectivity index (χ3v) is 13.3. The minimum absolute atomic E-state index is 0.360. The molecule has 6 atom stereocenters. The van der Waals surface area contributed by atoms with Crippen LogP contribution < -0.4 is 0 Å². The summed E-state index contributed by atoms with van der Waals surface area (Å²) in [4.78, 5) is 9.57. The van der Waals surface area contributed by atoms with E-state index in [0.717, 1.165) is 73.6 Å². The van der Waals surface area contributed by atoms with E-state index in [1.165, 1.54) is 39.5 Å². The van der Waals surface area contributed by atoms with Crippen molar-refractivity contribution in [1.29, 1.82) is 0 Å². The van der Waals surface area contributed by atoms with Gasteiger partial charge in [-0.2, -0.15) is 0 Å². The van der Waals surface area contributed by atoms with Gasteiger partial charge in [0, 0.05) is 25.5 Å². The van der Waals surface area contributed by atoms with Crippen molar-refractivity contribution in [2.45, 2.75) is 84.0 Å². The highest BCUT2D eigenvalue weighted by molar-refractivity contribution is 14.1. The minimum Gasteiger partial charge on any atom is -0.342 e. The molecule has 2 fully saturated rings. The van der Waals surface area contributed by atoms with Gasteiger partial charge >= 0.3 is 0 Å². The van der Waals surface area contributed by atoms with Crippen LogP contribution in [0.15, 0.2) is 127 Å². The Morgan fingerprint density at radius 1 is 0.603 bits per heavy atom. The highest BCUT2D eigenvalue weighted by Crippen LogP contribution is 2.68. The van der Waals surface area contributed by atoms with Gasteiger partial charge in [0.25, 0.3) is 0 Å². The molecule has 0 N–H and O–H groups in total. The van der Waals surface area contributed by atoms with Gasteiger partial charge in [-0.15, -0.1) is 0 Å². The molecule has 12 rings (SSSR count). The van der Waals surface area contributed by atoms with Crippen LogP contribution in [0.4, 0.5) is 0 Å². The molecule has 6 nitrogen and oxygen atoms in total. The molecule has 0 amide bonds. The second kappa shape index (κ2) is 16.3. The van der Waals surface area contributed by atoms with Gasteiger partial charge in [0.15, 0.2) is 0 Å². The smallest absolute Gasteiger partial charge is 0.202 e. The van der Waals surface area contributed by atoms with Gasteiger partial charge in [-0.1, -0.05) is 102 Å². The van der Waals surface area contributed by atoms with Crippen molar-refractivity contribution in [2.75, 3.05) is 0 Å². The molecule has 2 bridgehead atoms. The van der Waals surface area contributed by atoms with Crippen molar-refractivity contribution in [3.05, 3.63) is 187 Å². The topological polar surface area (TPSA) is 62.7 Å². The molecule has 7 heteroatoms. The number of benzene rings is 5. The number of ether oxygens (including phenoxy) is 4. The molecule has 5 aromatic carbocycles. The van der Waals surface area contributed by atoms with Crippen LogP contribution in [0.25, 0.3) is 21.8 Å². The summed E-state index contributed by atoms with van der Waals surface area (Å²) in [6.07, 6.45) is 3.58. The maximum Gasteiger partial charge on any atom is 0.202 e. The maximum absolute atomic E-state index is 6.33. The minimum atomic E-state index is -0.375. The molecule has 6 unspecified atom stereocenters. The molecular weight excluding hydrogens is 831 g/mol. The van der Waals surface area contributed by atoms with Gasteiger partial charge in [-0.05, 0) is 138 Å². The summed E-state index contributed by atoms with van der Waals surface area (Å²) in [5.41, 5.74) is 14.5. The van der Waals surface area contributed by atoms with E-state index in [0.29, 0.717) is 26.4 Å². The molecule has 2 saturated carbocycles. The Bertz CT molecular complexity index is 2610. The van der Waals surface area contributed by atoms with Gasteiger partial charge in [0.1, 0.15) is 11.4 Å². The van der Waals surface area contributed by atoms with Crippen molar-refractivity contribution in [2.24, 2.45) is 11.8 Å². The zero-order valence-corrected chi connectivity index (χ0v) is 35.1. The Hall–Kier alpha value is -4.51. The number of aryl methyl sites for hydroxylation is 2. The van der Waals surface area contributed by atoms with E-state index in [9.17, 15) is 0 Å². The quantitative estimate of drug-likeness (QED) is 0.155. The van der Waals surface area contributed by atoms with E-state index < -0.39 is 0 Å². The predicted molar refractivity (Wildman–Crippen MR) is 236 cm³/mol. The fourth-order valence-corrected chi connectivity index (χ4v) is 10.5. The monoisotopic (exact) mass is 878 g/mol. The normalized spacial score (nSPS) is 22.9. The number of nitrogens with zero attached hydrogens (tertiary/aromatic N) is 2. The van der Waals surface area contributed by atoms with Gasteiger partial charge < -0.3 is 18.9 Å². The highest BCUT2D eigenvalue weighted by Gasteiger charge is 2.56. The van der Waals surface area contributed by atoms with Crippen LogP contribution in [0.2, 0.25) is 0 Å². The lowest BCUT2D eigenvalue weighted by molar-refractivity contribution is -0.147. The van der Waals surface area contributed by atoms with Crippen LogP contribution in [0.5, 0.6) is 0 Å². The molecule has 7 aromatic rings. The number of pyridine rings is 2. The Morgan fingerprint density at radius 2 is 1.21 bits per heavy atom. The molecule has 292 valence electrons. The van der Waals surface area contributed by atoms with Gasteiger partial charge in [-0.3, -0.25) is 0 Å². The molecule has 4 heterocycles. The van der Waals surface area contributed by atoms with Gasteiger partial charge in [0.2, 0.25) is 12.6 Å². The highest BCUT2D eigenvalue weighted by atomic mass is 127. The Balaban J connectivity index is 0.000000124. The SMILES string of the molecule is Cc1cc(COC2OCc3cc4ccccc4nc32)c2c(c1)C1C3CCC(C3)C21.Cc1cccc(COC2OCc3cc4ccccc4nc32)c1.Ic1ccccc1. The largest absolute Gasteiger partial charge is 0.342 e. The molecule has 3 aliphatic carbocycles. The first-order valence-electron chi connectivity index (χ1n) is 20.6. The summed E-state index contributed by atoms with van der Waals surface area (Å²) >= 11 is 2.28. The molecule has 0 radical (unpaired) electrons. The average molecular weight is 879 g/mol. The fourth-order valence-electron chi connectivity index (χ4n) is 10.0. The Kier molecular flexibility index (Phi) is 10.6. The molecule has 2 aliphatic heterocycles. The number of halogens is 1. The number of aromatic nitrogens is 2. The van der Waals surface area contributed by atoms with E-state index in [-0.39, 0.29) is 12.6 Å². The van der Waals surface area contributed by atoms with Crippen LogP contribution in [0.3, 0.4) is 0 Å². The van der Waals surface area contributed by atoms with Crippen LogP contribution in [0, 0.1) is 29.3 Å². The lowest BCUT2D eigenvalue weighted by atomic mass is 9.60. The Morgan fingerprint density at radius 3 is 1.83 bits per heavy atom. The number of rotatable bonds is 6. The summed E-state index contributed by atoms with van der Waals surface area (Å²) in [5.74, 6) is 3.48. The van der Waals surface area contributed by atoms with Crippen LogP contribution in [-0.2, 0) is 45.4 Å². The summed E-state index contributed by atoms with van der Waals surface area (Å²) in [7, 11) is 0. The second-order valence-corrected chi connectivity index (χ2v) is 17.7. The number of para-hydroxylation sites is 2. The van der Waals surface area contributed by atoms with Gasteiger partial charge in [0.05, 0.1) is 37.5 Å². The van der Waals surface area contributed by atoms with Gasteiger partial charge in [-0.25, -0.2) is 9.97 Å².